The van der Waals surface area contributed by atoms with E-state index >= 15 is 0 Å². The fourth-order valence-corrected chi connectivity index (χ4v) is 1.27. The van der Waals surface area contributed by atoms with Crippen LogP contribution in [0.15, 0.2) is 35.4 Å². The lowest BCUT2D eigenvalue weighted by atomic mass is 10.4. The standard InChI is InChI=1S/C11H12N4O/c1-8-4-3-5-9(13-8)14-10-6-11(16)15(2)7-12-10/h3-7H,1-2H3,(H,13,14). The maximum Gasteiger partial charge on any atom is 0.255 e. The molecule has 0 saturated carbocycles. The first-order valence-corrected chi connectivity index (χ1v) is 4.88. The Labute approximate surface area is 92.8 Å². The van der Waals surface area contributed by atoms with Gasteiger partial charge in [-0.2, -0.15) is 0 Å². The molecule has 2 rings (SSSR count). The molecule has 0 saturated heterocycles. The molecule has 0 aliphatic carbocycles. The van der Waals surface area contributed by atoms with E-state index in [4.69, 9.17) is 0 Å². The minimum atomic E-state index is -0.106. The summed E-state index contributed by atoms with van der Waals surface area (Å²) in [5.41, 5.74) is 0.805. The van der Waals surface area contributed by atoms with Gasteiger partial charge in [0.05, 0.1) is 6.33 Å². The third kappa shape index (κ3) is 2.25. The molecule has 0 unspecified atom stereocenters. The van der Waals surface area contributed by atoms with Crippen LogP contribution in [0.2, 0.25) is 0 Å². The fraction of sp³-hybridized carbons (Fsp3) is 0.182. The highest BCUT2D eigenvalue weighted by molar-refractivity contribution is 5.50. The van der Waals surface area contributed by atoms with Crippen LogP contribution in [0, 0.1) is 6.92 Å². The second-order valence-electron chi connectivity index (χ2n) is 3.51. The van der Waals surface area contributed by atoms with Crippen LogP contribution in [0.3, 0.4) is 0 Å². The van der Waals surface area contributed by atoms with Crippen LogP contribution in [0.1, 0.15) is 5.69 Å². The lowest BCUT2D eigenvalue weighted by Gasteiger charge is -2.05. The predicted molar refractivity (Wildman–Crippen MR) is 61.7 cm³/mol. The molecule has 0 aliphatic heterocycles. The molecule has 0 aliphatic rings. The minimum absolute atomic E-state index is 0.106. The van der Waals surface area contributed by atoms with Gasteiger partial charge in [0.15, 0.2) is 0 Å². The van der Waals surface area contributed by atoms with E-state index in [9.17, 15) is 4.79 Å². The molecular formula is C11H12N4O. The fourth-order valence-electron chi connectivity index (χ4n) is 1.27. The normalized spacial score (nSPS) is 10.1. The molecule has 0 aromatic carbocycles. The first kappa shape index (κ1) is 10.4. The molecule has 0 spiro atoms. The minimum Gasteiger partial charge on any atom is -0.325 e. The summed E-state index contributed by atoms with van der Waals surface area (Å²) >= 11 is 0. The Morgan fingerprint density at radius 1 is 1.31 bits per heavy atom. The molecule has 5 heteroatoms. The molecule has 82 valence electrons. The molecule has 16 heavy (non-hydrogen) atoms. The van der Waals surface area contributed by atoms with Crippen molar-refractivity contribution in [2.24, 2.45) is 7.05 Å². The van der Waals surface area contributed by atoms with Gasteiger partial charge in [-0.25, -0.2) is 9.97 Å². The Morgan fingerprint density at radius 2 is 2.12 bits per heavy atom. The summed E-state index contributed by atoms with van der Waals surface area (Å²) in [6.07, 6.45) is 1.47. The van der Waals surface area contributed by atoms with E-state index in [1.54, 1.807) is 7.05 Å². The van der Waals surface area contributed by atoms with E-state index in [1.807, 2.05) is 25.1 Å². The zero-order valence-corrected chi connectivity index (χ0v) is 9.14. The smallest absolute Gasteiger partial charge is 0.255 e. The van der Waals surface area contributed by atoms with Crippen molar-refractivity contribution >= 4 is 11.6 Å². The number of hydrogen-bond acceptors (Lipinski definition) is 4. The number of hydrogen-bond donors (Lipinski definition) is 1. The summed E-state index contributed by atoms with van der Waals surface area (Å²) in [5.74, 6) is 1.18. The summed E-state index contributed by atoms with van der Waals surface area (Å²) < 4.78 is 1.41. The van der Waals surface area contributed by atoms with Crippen molar-refractivity contribution in [2.75, 3.05) is 5.32 Å². The predicted octanol–water partition coefficient (Wildman–Crippen LogP) is 1.23. The number of aryl methyl sites for hydroxylation is 2. The highest BCUT2D eigenvalue weighted by Crippen LogP contribution is 2.09. The molecule has 1 N–H and O–H groups in total. The summed E-state index contributed by atoms with van der Waals surface area (Å²) in [7, 11) is 1.66. The number of nitrogens with one attached hydrogen (secondary N) is 1. The second-order valence-corrected chi connectivity index (χ2v) is 3.51. The Balaban J connectivity index is 2.27. The van der Waals surface area contributed by atoms with E-state index in [2.05, 4.69) is 15.3 Å². The topological polar surface area (TPSA) is 59.8 Å². The van der Waals surface area contributed by atoms with Crippen molar-refractivity contribution in [1.29, 1.82) is 0 Å². The lowest BCUT2D eigenvalue weighted by molar-refractivity contribution is 0.826. The van der Waals surface area contributed by atoms with Crippen molar-refractivity contribution < 1.29 is 0 Å². The Morgan fingerprint density at radius 3 is 2.81 bits per heavy atom. The van der Waals surface area contributed by atoms with E-state index in [1.165, 1.54) is 17.0 Å². The van der Waals surface area contributed by atoms with Crippen LogP contribution < -0.4 is 10.9 Å². The van der Waals surface area contributed by atoms with Crippen molar-refractivity contribution in [1.82, 2.24) is 14.5 Å². The van der Waals surface area contributed by atoms with Crippen molar-refractivity contribution in [3.05, 3.63) is 46.6 Å². The van der Waals surface area contributed by atoms with Crippen LogP contribution in [0.25, 0.3) is 0 Å². The zero-order valence-electron chi connectivity index (χ0n) is 9.14. The Kier molecular flexibility index (Phi) is 2.68. The van der Waals surface area contributed by atoms with E-state index in [0.29, 0.717) is 11.6 Å². The number of rotatable bonds is 2. The van der Waals surface area contributed by atoms with Crippen LogP contribution in [-0.2, 0) is 7.05 Å². The SMILES string of the molecule is Cc1cccc(Nc2cc(=O)n(C)cn2)n1. The molecule has 5 nitrogen and oxygen atoms in total. The lowest BCUT2D eigenvalue weighted by Crippen LogP contribution is -2.16. The maximum atomic E-state index is 11.4. The number of anilines is 2. The van der Waals surface area contributed by atoms with Gasteiger partial charge in [-0.05, 0) is 19.1 Å². The first-order valence-electron chi connectivity index (χ1n) is 4.88. The van der Waals surface area contributed by atoms with E-state index in [0.717, 1.165) is 5.69 Å². The quantitative estimate of drug-likeness (QED) is 0.820. The second kappa shape index (κ2) is 4.14. The van der Waals surface area contributed by atoms with Gasteiger partial charge in [-0.1, -0.05) is 6.07 Å². The average molecular weight is 216 g/mol. The molecule has 2 aromatic heterocycles. The molecular weight excluding hydrogens is 204 g/mol. The Hall–Kier alpha value is -2.17. The summed E-state index contributed by atoms with van der Waals surface area (Å²) in [6.45, 7) is 1.91. The molecule has 0 radical (unpaired) electrons. The number of aromatic nitrogens is 3. The van der Waals surface area contributed by atoms with E-state index in [-0.39, 0.29) is 5.56 Å². The Bertz CT molecular complexity index is 562. The van der Waals surface area contributed by atoms with Crippen molar-refractivity contribution in [2.45, 2.75) is 6.92 Å². The largest absolute Gasteiger partial charge is 0.325 e. The average Bonchev–Trinajstić information content (AvgIpc) is 2.24. The summed E-state index contributed by atoms with van der Waals surface area (Å²) in [4.78, 5) is 19.7. The van der Waals surface area contributed by atoms with Crippen LogP contribution >= 0.6 is 0 Å². The number of pyridine rings is 1. The van der Waals surface area contributed by atoms with Gasteiger partial charge >= 0.3 is 0 Å². The van der Waals surface area contributed by atoms with Crippen molar-refractivity contribution in [3.63, 3.8) is 0 Å². The third-order valence-corrected chi connectivity index (χ3v) is 2.12. The molecule has 0 atom stereocenters. The maximum absolute atomic E-state index is 11.4. The number of nitrogens with zero attached hydrogens (tertiary/aromatic N) is 3. The highest BCUT2D eigenvalue weighted by Gasteiger charge is 1.99. The molecule has 0 fully saturated rings. The summed E-state index contributed by atoms with van der Waals surface area (Å²) in [5, 5.41) is 2.98. The molecule has 0 amide bonds. The van der Waals surface area contributed by atoms with Gasteiger partial charge in [-0.15, -0.1) is 0 Å². The van der Waals surface area contributed by atoms with Gasteiger partial charge in [0, 0.05) is 18.8 Å². The van der Waals surface area contributed by atoms with Crippen molar-refractivity contribution in [3.8, 4) is 0 Å². The monoisotopic (exact) mass is 216 g/mol. The molecule has 2 heterocycles. The van der Waals surface area contributed by atoms with Crippen LogP contribution in [0.5, 0.6) is 0 Å². The van der Waals surface area contributed by atoms with Gasteiger partial charge in [0.1, 0.15) is 11.6 Å². The van der Waals surface area contributed by atoms with Gasteiger partial charge < -0.3 is 9.88 Å². The highest BCUT2D eigenvalue weighted by atomic mass is 16.1. The van der Waals surface area contributed by atoms with Gasteiger partial charge in [-0.3, -0.25) is 4.79 Å². The molecule has 2 aromatic rings. The van der Waals surface area contributed by atoms with E-state index < -0.39 is 0 Å². The summed E-state index contributed by atoms with van der Waals surface area (Å²) in [6, 6.07) is 7.06. The van der Waals surface area contributed by atoms with Crippen LogP contribution in [0.4, 0.5) is 11.6 Å². The van der Waals surface area contributed by atoms with Gasteiger partial charge in [0.25, 0.3) is 5.56 Å². The zero-order chi connectivity index (χ0) is 11.5. The molecule has 0 bridgehead atoms. The van der Waals surface area contributed by atoms with Crippen LogP contribution in [-0.4, -0.2) is 14.5 Å². The van der Waals surface area contributed by atoms with Gasteiger partial charge in [0.2, 0.25) is 0 Å². The third-order valence-electron chi connectivity index (χ3n) is 2.12. The first-order chi connectivity index (χ1) is 7.65.